The van der Waals surface area contributed by atoms with Crippen LogP contribution in [0.3, 0.4) is 0 Å². The van der Waals surface area contributed by atoms with Crippen LogP contribution in [0.25, 0.3) is 0 Å². The van der Waals surface area contributed by atoms with E-state index in [-0.39, 0.29) is 13.0 Å². The molecule has 0 bridgehead atoms. The van der Waals surface area contributed by atoms with E-state index in [1.807, 2.05) is 6.08 Å². The standard InChI is InChI=1S/C42H75NO9/c1-3-5-7-9-11-13-15-17-18-19-21-23-25-27-29-31-36(46)41(50)43-34(33-51-42-40(49)39(48)38(47)37(32-44)52-42)35(45)30-28-26-24-22-20-16-14-12-10-8-6-4-2/h10,12,18-20,22,28,30,34-40,42,44-49H,3-9,11,13-17,21,23-27,29,31-33H2,1-2H3,(H,43,50)/b12-10+,19-18-,22-20+,30-28+. The van der Waals surface area contributed by atoms with Crippen molar-refractivity contribution in [2.45, 2.75) is 198 Å². The first kappa shape index (κ1) is 48.1. The van der Waals surface area contributed by atoms with Crippen molar-refractivity contribution in [1.82, 2.24) is 5.32 Å². The zero-order chi connectivity index (χ0) is 38.2. The first-order chi connectivity index (χ1) is 25.3. The lowest BCUT2D eigenvalue weighted by molar-refractivity contribution is -0.302. The Morgan fingerprint density at radius 1 is 0.654 bits per heavy atom. The van der Waals surface area contributed by atoms with Crippen LogP contribution in [0.1, 0.15) is 149 Å². The van der Waals surface area contributed by atoms with Gasteiger partial charge in [-0.2, -0.15) is 0 Å². The largest absolute Gasteiger partial charge is 0.394 e. The third-order valence-corrected chi connectivity index (χ3v) is 9.46. The topological polar surface area (TPSA) is 169 Å². The van der Waals surface area contributed by atoms with Crippen LogP contribution in [0.15, 0.2) is 48.6 Å². The van der Waals surface area contributed by atoms with Gasteiger partial charge in [0.25, 0.3) is 0 Å². The van der Waals surface area contributed by atoms with Crippen LogP contribution in [-0.2, 0) is 14.3 Å². The highest BCUT2D eigenvalue weighted by Crippen LogP contribution is 2.22. The fraction of sp³-hybridized carbons (Fsp3) is 0.786. The number of hydrogen-bond donors (Lipinski definition) is 7. The minimum Gasteiger partial charge on any atom is -0.394 e. The Balaban J connectivity index is 2.53. The van der Waals surface area contributed by atoms with E-state index in [0.717, 1.165) is 57.8 Å². The van der Waals surface area contributed by atoms with Crippen molar-refractivity contribution in [3.63, 3.8) is 0 Å². The molecule has 0 spiro atoms. The van der Waals surface area contributed by atoms with Crippen molar-refractivity contribution < 1.29 is 44.9 Å². The first-order valence-electron chi connectivity index (χ1n) is 20.5. The summed E-state index contributed by atoms with van der Waals surface area (Å²) < 4.78 is 11.1. The fourth-order valence-electron chi connectivity index (χ4n) is 6.00. The molecule has 1 rings (SSSR count). The molecule has 302 valence electrons. The zero-order valence-electron chi connectivity index (χ0n) is 32.4. The Hall–Kier alpha value is -1.89. The van der Waals surface area contributed by atoms with Crippen LogP contribution in [0.4, 0.5) is 0 Å². The summed E-state index contributed by atoms with van der Waals surface area (Å²) in [5.41, 5.74) is 0. The average molecular weight is 738 g/mol. The molecule has 0 aromatic rings. The quantitative estimate of drug-likeness (QED) is 0.0303. The van der Waals surface area contributed by atoms with Crippen LogP contribution in [0.2, 0.25) is 0 Å². The number of aliphatic hydroxyl groups excluding tert-OH is 6. The van der Waals surface area contributed by atoms with Crippen molar-refractivity contribution in [1.29, 1.82) is 0 Å². The summed E-state index contributed by atoms with van der Waals surface area (Å²) in [5.74, 6) is -0.644. The van der Waals surface area contributed by atoms with Crippen LogP contribution in [-0.4, -0.2) is 98.7 Å². The van der Waals surface area contributed by atoms with Crippen LogP contribution >= 0.6 is 0 Å². The molecule has 8 unspecified atom stereocenters. The number of ether oxygens (including phenoxy) is 2. The lowest BCUT2D eigenvalue weighted by Gasteiger charge is -2.40. The van der Waals surface area contributed by atoms with Gasteiger partial charge in [0.1, 0.15) is 30.5 Å². The van der Waals surface area contributed by atoms with E-state index in [1.54, 1.807) is 6.08 Å². The summed E-state index contributed by atoms with van der Waals surface area (Å²) in [4.78, 5) is 13.0. The van der Waals surface area contributed by atoms with Crippen LogP contribution in [0.5, 0.6) is 0 Å². The second-order valence-electron chi connectivity index (χ2n) is 14.2. The molecule has 0 aromatic heterocycles. The minimum atomic E-state index is -1.62. The van der Waals surface area contributed by atoms with E-state index in [0.29, 0.717) is 12.8 Å². The Morgan fingerprint density at radius 2 is 1.15 bits per heavy atom. The summed E-state index contributed by atoms with van der Waals surface area (Å²) in [6.45, 7) is 3.49. The molecule has 1 heterocycles. The molecule has 1 aliphatic rings. The van der Waals surface area contributed by atoms with E-state index in [4.69, 9.17) is 9.47 Å². The number of unbranched alkanes of at least 4 members (excludes halogenated alkanes) is 15. The van der Waals surface area contributed by atoms with Gasteiger partial charge in [0.2, 0.25) is 5.91 Å². The van der Waals surface area contributed by atoms with Gasteiger partial charge in [0.05, 0.1) is 25.4 Å². The van der Waals surface area contributed by atoms with Crippen molar-refractivity contribution in [3.05, 3.63) is 48.6 Å². The van der Waals surface area contributed by atoms with E-state index < -0.39 is 61.5 Å². The highest BCUT2D eigenvalue weighted by molar-refractivity contribution is 5.80. The van der Waals surface area contributed by atoms with Crippen molar-refractivity contribution in [2.24, 2.45) is 0 Å². The lowest BCUT2D eigenvalue weighted by atomic mass is 9.99. The van der Waals surface area contributed by atoms with Gasteiger partial charge in [-0.25, -0.2) is 0 Å². The van der Waals surface area contributed by atoms with Gasteiger partial charge < -0.3 is 45.4 Å². The number of carbonyl (C=O) groups excluding carboxylic acids is 1. The van der Waals surface area contributed by atoms with Gasteiger partial charge >= 0.3 is 0 Å². The Bertz CT molecular complexity index is 969. The lowest BCUT2D eigenvalue weighted by Crippen LogP contribution is -2.60. The van der Waals surface area contributed by atoms with Crippen LogP contribution in [0, 0.1) is 0 Å². The van der Waals surface area contributed by atoms with Crippen molar-refractivity contribution in [2.75, 3.05) is 13.2 Å². The van der Waals surface area contributed by atoms with E-state index in [9.17, 15) is 35.4 Å². The van der Waals surface area contributed by atoms with Crippen molar-refractivity contribution in [3.8, 4) is 0 Å². The third kappa shape index (κ3) is 23.0. The van der Waals surface area contributed by atoms with Gasteiger partial charge in [-0.05, 0) is 64.2 Å². The number of aliphatic hydroxyl groups is 6. The summed E-state index contributed by atoms with van der Waals surface area (Å²) in [5, 5.41) is 64.3. The maximum atomic E-state index is 13.0. The van der Waals surface area contributed by atoms with Gasteiger partial charge in [0, 0.05) is 0 Å². The molecule has 1 fully saturated rings. The van der Waals surface area contributed by atoms with Gasteiger partial charge in [-0.1, -0.05) is 133 Å². The number of amides is 1. The molecule has 1 amide bonds. The zero-order valence-corrected chi connectivity index (χ0v) is 32.4. The summed E-state index contributed by atoms with van der Waals surface area (Å²) in [6.07, 6.45) is 29.2. The van der Waals surface area contributed by atoms with E-state index >= 15 is 0 Å². The van der Waals surface area contributed by atoms with E-state index in [1.165, 1.54) is 57.8 Å². The highest BCUT2D eigenvalue weighted by Gasteiger charge is 2.44. The summed E-state index contributed by atoms with van der Waals surface area (Å²) in [7, 11) is 0. The maximum Gasteiger partial charge on any atom is 0.249 e. The monoisotopic (exact) mass is 738 g/mol. The number of rotatable bonds is 32. The van der Waals surface area contributed by atoms with Crippen LogP contribution < -0.4 is 5.32 Å². The Morgan fingerprint density at radius 3 is 1.73 bits per heavy atom. The fourth-order valence-corrected chi connectivity index (χ4v) is 6.00. The predicted octanol–water partition coefficient (Wildman–Crippen LogP) is 6.47. The van der Waals surface area contributed by atoms with Gasteiger partial charge in [-0.15, -0.1) is 0 Å². The maximum absolute atomic E-state index is 13.0. The molecule has 0 aromatic carbocycles. The van der Waals surface area contributed by atoms with Gasteiger partial charge in [0.15, 0.2) is 6.29 Å². The predicted molar refractivity (Wildman–Crippen MR) is 209 cm³/mol. The first-order valence-corrected chi connectivity index (χ1v) is 20.5. The molecule has 0 saturated carbocycles. The second-order valence-corrected chi connectivity index (χ2v) is 14.2. The summed E-state index contributed by atoms with van der Waals surface area (Å²) in [6, 6.07) is -1.01. The molecule has 1 aliphatic heterocycles. The third-order valence-electron chi connectivity index (χ3n) is 9.46. The molecule has 1 saturated heterocycles. The second kappa shape index (κ2) is 32.5. The molecule has 52 heavy (non-hydrogen) atoms. The normalized spacial score (nSPS) is 23.0. The number of nitrogens with one attached hydrogen (secondary N) is 1. The van der Waals surface area contributed by atoms with Gasteiger partial charge in [-0.3, -0.25) is 4.79 Å². The molecule has 10 nitrogen and oxygen atoms in total. The molecule has 0 radical (unpaired) electrons. The molecule has 7 N–H and O–H groups in total. The molecule has 10 heteroatoms. The molecular formula is C42H75NO9. The Labute approximate surface area is 315 Å². The average Bonchev–Trinajstić information content (AvgIpc) is 3.14. The smallest absolute Gasteiger partial charge is 0.249 e. The Kier molecular flexibility index (Phi) is 30.1. The minimum absolute atomic E-state index is 0.285. The number of hydrogen-bond acceptors (Lipinski definition) is 9. The number of allylic oxidation sites excluding steroid dienone is 7. The molecule has 8 atom stereocenters. The number of carbonyl (C=O) groups is 1. The SMILES string of the molecule is CCCC/C=C/CC/C=C/CC/C=C/C(O)C(COC1OC(CO)C(O)C(O)C1O)NC(=O)C(O)CCCCCC/C=C\CCCCCCCCC. The summed E-state index contributed by atoms with van der Waals surface area (Å²) >= 11 is 0. The molecular weight excluding hydrogens is 662 g/mol. The van der Waals surface area contributed by atoms with Crippen molar-refractivity contribution >= 4 is 5.91 Å². The molecule has 0 aliphatic carbocycles. The highest BCUT2D eigenvalue weighted by atomic mass is 16.7. The van der Waals surface area contributed by atoms with E-state index in [2.05, 4.69) is 55.6 Å².